The molecule has 0 amide bonds. The zero-order chi connectivity index (χ0) is 24.5. The van der Waals surface area contributed by atoms with Crippen molar-refractivity contribution in [3.8, 4) is 22.4 Å². The minimum atomic E-state index is -0.132. The number of benzene rings is 1. The topological polar surface area (TPSA) is 88.8 Å². The van der Waals surface area contributed by atoms with Crippen LogP contribution in [-0.2, 0) is 6.54 Å². The highest BCUT2D eigenvalue weighted by atomic mass is 35.5. The van der Waals surface area contributed by atoms with Crippen LogP contribution >= 0.6 is 11.6 Å². The van der Waals surface area contributed by atoms with Crippen molar-refractivity contribution in [2.24, 2.45) is 0 Å². The highest BCUT2D eigenvalue weighted by Gasteiger charge is 2.19. The van der Waals surface area contributed by atoms with Gasteiger partial charge in [-0.2, -0.15) is 4.98 Å². The number of fused-ring (bicyclic) bond motifs is 1. The van der Waals surface area contributed by atoms with E-state index in [1.54, 1.807) is 23.2 Å². The monoisotopic (exact) mass is 489 g/mol. The molecule has 1 N–H and O–H groups in total. The second-order valence-electron chi connectivity index (χ2n) is 9.01. The Bertz CT molecular complexity index is 1450. The zero-order valence-electron chi connectivity index (χ0n) is 20.1. The molecule has 1 atom stereocenters. The molecule has 4 aromatic rings. The van der Waals surface area contributed by atoms with Crippen molar-refractivity contribution in [2.75, 3.05) is 25.5 Å². The van der Waals surface area contributed by atoms with Crippen LogP contribution in [0.15, 0.2) is 47.7 Å². The number of pyridine rings is 1. The molecule has 0 radical (unpaired) electrons. The van der Waals surface area contributed by atoms with Gasteiger partial charge in [0, 0.05) is 64.8 Å². The van der Waals surface area contributed by atoms with Gasteiger partial charge in [0.05, 0.1) is 11.4 Å². The number of anilines is 1. The summed E-state index contributed by atoms with van der Waals surface area (Å²) in [6.07, 6.45) is 7.31. The fourth-order valence-electron chi connectivity index (χ4n) is 4.75. The second-order valence-corrected chi connectivity index (χ2v) is 9.42. The number of aromatic nitrogens is 5. The fourth-order valence-corrected chi connectivity index (χ4v) is 5.04. The SMILES string of the molecule is CCn1c(=O)c(-c2ccc(-c3nccnc3C)cc2Cl)cc2cnc(NC3CCCN(C)C3)nc21. The maximum Gasteiger partial charge on any atom is 0.260 e. The van der Waals surface area contributed by atoms with Gasteiger partial charge in [-0.3, -0.25) is 19.3 Å². The Morgan fingerprint density at radius 1 is 1.14 bits per heavy atom. The van der Waals surface area contributed by atoms with E-state index in [0.29, 0.717) is 40.3 Å². The molecule has 3 aromatic heterocycles. The lowest BCUT2D eigenvalue weighted by molar-refractivity contribution is 0.260. The number of rotatable bonds is 5. The summed E-state index contributed by atoms with van der Waals surface area (Å²) >= 11 is 6.69. The molecule has 8 nitrogen and oxygen atoms in total. The maximum atomic E-state index is 13.5. The highest BCUT2D eigenvalue weighted by molar-refractivity contribution is 6.33. The molecule has 1 fully saturated rings. The number of piperidine rings is 1. The van der Waals surface area contributed by atoms with Crippen LogP contribution in [0.25, 0.3) is 33.4 Å². The van der Waals surface area contributed by atoms with Gasteiger partial charge in [-0.15, -0.1) is 0 Å². The lowest BCUT2D eigenvalue weighted by Gasteiger charge is -2.30. The Balaban J connectivity index is 1.53. The van der Waals surface area contributed by atoms with Crippen molar-refractivity contribution in [1.29, 1.82) is 0 Å². The molecule has 0 saturated carbocycles. The van der Waals surface area contributed by atoms with Crippen LogP contribution in [0.4, 0.5) is 5.95 Å². The molecule has 9 heteroatoms. The standard InChI is InChI=1S/C26H28ClN7O/c1-4-34-24-18(14-30-26(32-24)31-19-6-5-11-33(3)15-19)12-21(25(34)35)20-8-7-17(13-22(20)27)23-16(2)28-9-10-29-23/h7-10,12-14,19H,4-6,11,15H2,1-3H3,(H,30,31,32). The number of aryl methyl sites for hydroxylation is 2. The third-order valence-corrected chi connectivity index (χ3v) is 6.83. The first kappa shape index (κ1) is 23.4. The van der Waals surface area contributed by atoms with E-state index in [-0.39, 0.29) is 5.56 Å². The summed E-state index contributed by atoms with van der Waals surface area (Å²) in [4.78, 5) is 33.8. The predicted molar refractivity (Wildman–Crippen MR) is 140 cm³/mol. The molecule has 1 aliphatic heterocycles. The van der Waals surface area contributed by atoms with Gasteiger partial charge in [0.15, 0.2) is 0 Å². The molecule has 0 spiro atoms. The van der Waals surface area contributed by atoms with Gasteiger partial charge in [0.1, 0.15) is 5.65 Å². The molecule has 1 unspecified atom stereocenters. The van der Waals surface area contributed by atoms with E-state index in [4.69, 9.17) is 16.6 Å². The molecule has 1 saturated heterocycles. The average molecular weight is 490 g/mol. The predicted octanol–water partition coefficient (Wildman–Crippen LogP) is 4.40. The van der Waals surface area contributed by atoms with Crippen LogP contribution in [0.3, 0.4) is 0 Å². The Morgan fingerprint density at radius 3 is 2.71 bits per heavy atom. The highest BCUT2D eigenvalue weighted by Crippen LogP contribution is 2.32. The van der Waals surface area contributed by atoms with Gasteiger partial charge in [-0.25, -0.2) is 4.98 Å². The van der Waals surface area contributed by atoms with Crippen LogP contribution in [-0.4, -0.2) is 55.6 Å². The number of nitrogens with one attached hydrogen (secondary N) is 1. The van der Waals surface area contributed by atoms with E-state index in [0.717, 1.165) is 48.3 Å². The summed E-state index contributed by atoms with van der Waals surface area (Å²) in [5, 5.41) is 4.71. The minimum Gasteiger partial charge on any atom is -0.350 e. The lowest BCUT2D eigenvalue weighted by atomic mass is 10.0. The van der Waals surface area contributed by atoms with Crippen molar-refractivity contribution in [3.05, 3.63) is 63.9 Å². The van der Waals surface area contributed by atoms with E-state index in [1.807, 2.05) is 38.1 Å². The molecule has 180 valence electrons. The molecule has 0 aliphatic carbocycles. The molecule has 1 aliphatic rings. The minimum absolute atomic E-state index is 0.132. The largest absolute Gasteiger partial charge is 0.350 e. The normalized spacial score (nSPS) is 16.5. The molecule has 4 heterocycles. The molecule has 0 bridgehead atoms. The van der Waals surface area contributed by atoms with Crippen molar-refractivity contribution in [3.63, 3.8) is 0 Å². The number of hydrogen-bond acceptors (Lipinski definition) is 7. The Labute approximate surface area is 209 Å². The van der Waals surface area contributed by atoms with E-state index in [2.05, 4.69) is 32.2 Å². The van der Waals surface area contributed by atoms with Crippen LogP contribution < -0.4 is 10.9 Å². The number of likely N-dealkylation sites (tertiary alicyclic amines) is 1. The van der Waals surface area contributed by atoms with Gasteiger partial charge in [0.2, 0.25) is 5.95 Å². The molecular formula is C26H28ClN7O. The summed E-state index contributed by atoms with van der Waals surface area (Å²) in [6.45, 7) is 6.39. The fraction of sp³-hybridized carbons (Fsp3) is 0.346. The summed E-state index contributed by atoms with van der Waals surface area (Å²) in [7, 11) is 2.12. The Kier molecular flexibility index (Phi) is 6.49. The third kappa shape index (κ3) is 4.63. The van der Waals surface area contributed by atoms with Crippen molar-refractivity contribution >= 4 is 28.6 Å². The number of halogens is 1. The lowest BCUT2D eigenvalue weighted by Crippen LogP contribution is -2.40. The summed E-state index contributed by atoms with van der Waals surface area (Å²) in [6, 6.07) is 7.74. The molecule has 1 aromatic carbocycles. The van der Waals surface area contributed by atoms with Crippen molar-refractivity contribution < 1.29 is 0 Å². The number of likely N-dealkylation sites (N-methyl/N-ethyl adjacent to an activating group) is 1. The van der Waals surface area contributed by atoms with E-state index in [1.165, 1.54) is 0 Å². The van der Waals surface area contributed by atoms with Gasteiger partial charge < -0.3 is 10.2 Å². The average Bonchev–Trinajstić information content (AvgIpc) is 2.84. The molecular weight excluding hydrogens is 462 g/mol. The first-order valence-electron chi connectivity index (χ1n) is 11.9. The first-order chi connectivity index (χ1) is 16.9. The number of hydrogen-bond donors (Lipinski definition) is 1. The van der Waals surface area contributed by atoms with Crippen LogP contribution in [0.5, 0.6) is 0 Å². The summed E-state index contributed by atoms with van der Waals surface area (Å²) < 4.78 is 1.68. The molecule has 5 rings (SSSR count). The smallest absolute Gasteiger partial charge is 0.260 e. The van der Waals surface area contributed by atoms with E-state index >= 15 is 0 Å². The van der Waals surface area contributed by atoms with Crippen LogP contribution in [0.2, 0.25) is 5.02 Å². The Morgan fingerprint density at radius 2 is 1.97 bits per heavy atom. The van der Waals surface area contributed by atoms with Gasteiger partial charge in [0.25, 0.3) is 5.56 Å². The van der Waals surface area contributed by atoms with E-state index in [9.17, 15) is 4.79 Å². The quantitative estimate of drug-likeness (QED) is 0.444. The van der Waals surface area contributed by atoms with Crippen molar-refractivity contribution in [2.45, 2.75) is 39.3 Å². The van der Waals surface area contributed by atoms with Crippen LogP contribution in [0.1, 0.15) is 25.5 Å². The maximum absolute atomic E-state index is 13.5. The first-order valence-corrected chi connectivity index (χ1v) is 12.3. The second kappa shape index (κ2) is 9.71. The summed E-state index contributed by atoms with van der Waals surface area (Å²) in [5.41, 5.74) is 4.11. The van der Waals surface area contributed by atoms with Crippen LogP contribution in [0, 0.1) is 6.92 Å². The van der Waals surface area contributed by atoms with Crippen molar-refractivity contribution in [1.82, 2.24) is 29.4 Å². The van der Waals surface area contributed by atoms with E-state index < -0.39 is 0 Å². The molecule has 35 heavy (non-hydrogen) atoms. The Hall–Kier alpha value is -3.36. The summed E-state index contributed by atoms with van der Waals surface area (Å²) in [5.74, 6) is 0.550. The zero-order valence-corrected chi connectivity index (χ0v) is 20.9. The number of nitrogens with zero attached hydrogens (tertiary/aromatic N) is 6. The van der Waals surface area contributed by atoms with Gasteiger partial charge in [-0.05, 0) is 52.4 Å². The third-order valence-electron chi connectivity index (χ3n) is 6.51. The van der Waals surface area contributed by atoms with Gasteiger partial charge >= 0.3 is 0 Å². The van der Waals surface area contributed by atoms with Gasteiger partial charge in [-0.1, -0.05) is 23.7 Å².